The quantitative estimate of drug-likeness (QED) is 0.669. The topological polar surface area (TPSA) is 90.7 Å². The van der Waals surface area contributed by atoms with Crippen LogP contribution in [0.15, 0.2) is 29.6 Å². The lowest BCUT2D eigenvalue weighted by molar-refractivity contribution is -0.380. The first-order valence-corrected chi connectivity index (χ1v) is 7.18. The molecule has 22 heavy (non-hydrogen) atoms. The number of anilines is 1. The number of nitro groups is 1. The number of amides is 1. The summed E-state index contributed by atoms with van der Waals surface area (Å²) in [6.45, 7) is 2.07. The summed E-state index contributed by atoms with van der Waals surface area (Å²) in [5, 5.41) is 15.0. The SMILES string of the molecule is COC(=O)Nc1ccc(OCc2csc([N+](=O)[O-])c2)cc1C. The second-order valence-electron chi connectivity index (χ2n) is 4.43. The Kier molecular flexibility index (Phi) is 4.95. The van der Waals surface area contributed by atoms with Crippen LogP contribution in [0.25, 0.3) is 0 Å². The van der Waals surface area contributed by atoms with Crippen molar-refractivity contribution in [1.29, 1.82) is 0 Å². The first-order valence-electron chi connectivity index (χ1n) is 6.30. The molecule has 0 aliphatic rings. The monoisotopic (exact) mass is 322 g/mol. The molecule has 0 bridgehead atoms. The fourth-order valence-corrected chi connectivity index (χ4v) is 2.44. The third-order valence-corrected chi connectivity index (χ3v) is 3.77. The summed E-state index contributed by atoms with van der Waals surface area (Å²) in [5.41, 5.74) is 2.19. The van der Waals surface area contributed by atoms with Crippen LogP contribution in [0.5, 0.6) is 5.75 Å². The minimum Gasteiger partial charge on any atom is -0.489 e. The van der Waals surface area contributed by atoms with Crippen molar-refractivity contribution >= 4 is 28.1 Å². The van der Waals surface area contributed by atoms with Crippen LogP contribution in [0.1, 0.15) is 11.1 Å². The van der Waals surface area contributed by atoms with E-state index in [1.54, 1.807) is 23.6 Å². The summed E-state index contributed by atoms with van der Waals surface area (Å²) in [5.74, 6) is 0.613. The highest BCUT2D eigenvalue weighted by Crippen LogP contribution is 2.25. The number of thiophene rings is 1. The van der Waals surface area contributed by atoms with Crippen LogP contribution in [-0.2, 0) is 11.3 Å². The second-order valence-corrected chi connectivity index (χ2v) is 5.32. The molecule has 2 rings (SSSR count). The van der Waals surface area contributed by atoms with Gasteiger partial charge in [0, 0.05) is 22.7 Å². The van der Waals surface area contributed by atoms with Crippen LogP contribution in [0.3, 0.4) is 0 Å². The molecule has 1 amide bonds. The molecule has 1 N–H and O–H groups in total. The standard InChI is InChI=1S/C14H14N2O5S/c1-9-5-11(3-4-12(9)15-14(17)20-2)21-7-10-6-13(16(18)19)22-8-10/h3-6,8H,7H2,1-2H3,(H,15,17). The van der Waals surface area contributed by atoms with E-state index in [-0.39, 0.29) is 11.6 Å². The van der Waals surface area contributed by atoms with E-state index < -0.39 is 11.0 Å². The van der Waals surface area contributed by atoms with Gasteiger partial charge in [-0.1, -0.05) is 11.3 Å². The number of carbonyl (C=O) groups is 1. The van der Waals surface area contributed by atoms with Gasteiger partial charge in [0.05, 0.1) is 12.0 Å². The van der Waals surface area contributed by atoms with Gasteiger partial charge in [-0.05, 0) is 30.7 Å². The Hall–Kier alpha value is -2.61. The van der Waals surface area contributed by atoms with Crippen LogP contribution in [0.2, 0.25) is 0 Å². The predicted octanol–water partition coefficient (Wildman–Crippen LogP) is 3.72. The number of aryl methyl sites for hydroxylation is 1. The highest BCUT2D eigenvalue weighted by Gasteiger charge is 2.10. The average molecular weight is 322 g/mol. The molecule has 0 aliphatic heterocycles. The first-order chi connectivity index (χ1) is 10.5. The normalized spacial score (nSPS) is 10.1. The second kappa shape index (κ2) is 6.90. The summed E-state index contributed by atoms with van der Waals surface area (Å²) in [6, 6.07) is 6.67. The first kappa shape index (κ1) is 15.8. The Balaban J connectivity index is 1.99. The molecular weight excluding hydrogens is 308 g/mol. The Morgan fingerprint density at radius 3 is 2.77 bits per heavy atom. The van der Waals surface area contributed by atoms with E-state index >= 15 is 0 Å². The molecule has 7 nitrogen and oxygen atoms in total. The molecule has 1 aromatic carbocycles. The van der Waals surface area contributed by atoms with Gasteiger partial charge in [-0.3, -0.25) is 15.4 Å². The van der Waals surface area contributed by atoms with Crippen molar-refractivity contribution in [1.82, 2.24) is 0 Å². The van der Waals surface area contributed by atoms with Crippen molar-refractivity contribution in [2.45, 2.75) is 13.5 Å². The van der Waals surface area contributed by atoms with E-state index in [1.807, 2.05) is 6.92 Å². The number of nitrogens with zero attached hydrogens (tertiary/aromatic N) is 1. The molecule has 0 fully saturated rings. The number of hydrogen-bond donors (Lipinski definition) is 1. The zero-order chi connectivity index (χ0) is 16.1. The van der Waals surface area contributed by atoms with Crippen LogP contribution >= 0.6 is 11.3 Å². The van der Waals surface area contributed by atoms with Crippen molar-refractivity contribution < 1.29 is 19.2 Å². The molecule has 0 atom stereocenters. The summed E-state index contributed by atoms with van der Waals surface area (Å²) in [7, 11) is 1.29. The zero-order valence-corrected chi connectivity index (χ0v) is 12.8. The molecule has 0 spiro atoms. The van der Waals surface area contributed by atoms with Crippen molar-refractivity contribution in [3.63, 3.8) is 0 Å². The fourth-order valence-electron chi connectivity index (χ4n) is 1.73. The van der Waals surface area contributed by atoms with Gasteiger partial charge in [-0.2, -0.15) is 0 Å². The van der Waals surface area contributed by atoms with E-state index in [0.29, 0.717) is 11.4 Å². The molecule has 0 saturated heterocycles. The lowest BCUT2D eigenvalue weighted by atomic mass is 10.2. The number of rotatable bonds is 5. The molecule has 2 aromatic rings. The maximum absolute atomic E-state index is 11.2. The maximum atomic E-state index is 11.2. The lowest BCUT2D eigenvalue weighted by Gasteiger charge is -2.10. The number of methoxy groups -OCH3 is 1. The van der Waals surface area contributed by atoms with E-state index in [9.17, 15) is 14.9 Å². The lowest BCUT2D eigenvalue weighted by Crippen LogP contribution is -2.11. The molecular formula is C14H14N2O5S. The van der Waals surface area contributed by atoms with Crippen molar-refractivity contribution in [3.8, 4) is 5.75 Å². The predicted molar refractivity (Wildman–Crippen MR) is 82.5 cm³/mol. The van der Waals surface area contributed by atoms with Crippen molar-refractivity contribution in [3.05, 3.63) is 50.9 Å². The van der Waals surface area contributed by atoms with Gasteiger partial charge in [-0.25, -0.2) is 4.79 Å². The van der Waals surface area contributed by atoms with E-state index in [4.69, 9.17) is 4.74 Å². The smallest absolute Gasteiger partial charge is 0.411 e. The van der Waals surface area contributed by atoms with Crippen molar-refractivity contribution in [2.75, 3.05) is 12.4 Å². The third kappa shape index (κ3) is 3.95. The van der Waals surface area contributed by atoms with Gasteiger partial charge in [-0.15, -0.1) is 0 Å². The maximum Gasteiger partial charge on any atom is 0.411 e. The van der Waals surface area contributed by atoms with Gasteiger partial charge < -0.3 is 9.47 Å². The van der Waals surface area contributed by atoms with E-state index in [1.165, 1.54) is 13.2 Å². The molecule has 1 aromatic heterocycles. The van der Waals surface area contributed by atoms with E-state index in [2.05, 4.69) is 10.1 Å². The minimum absolute atomic E-state index is 0.0902. The number of nitrogens with one attached hydrogen (secondary N) is 1. The van der Waals surface area contributed by atoms with Gasteiger partial charge >= 0.3 is 11.1 Å². The molecule has 1 heterocycles. The van der Waals surface area contributed by atoms with Crippen molar-refractivity contribution in [2.24, 2.45) is 0 Å². The Labute approximate surface area is 130 Å². The highest BCUT2D eigenvalue weighted by molar-refractivity contribution is 7.13. The number of ether oxygens (including phenoxy) is 2. The van der Waals surface area contributed by atoms with E-state index in [0.717, 1.165) is 22.5 Å². The molecule has 0 saturated carbocycles. The van der Waals surface area contributed by atoms with Crippen LogP contribution in [0.4, 0.5) is 15.5 Å². The number of carbonyl (C=O) groups excluding carboxylic acids is 1. The molecule has 0 unspecified atom stereocenters. The minimum atomic E-state index is -0.539. The largest absolute Gasteiger partial charge is 0.489 e. The zero-order valence-electron chi connectivity index (χ0n) is 12.0. The molecule has 116 valence electrons. The number of benzene rings is 1. The van der Waals surface area contributed by atoms with Gasteiger partial charge in [0.1, 0.15) is 12.4 Å². The van der Waals surface area contributed by atoms with Gasteiger partial charge in [0.25, 0.3) is 0 Å². The van der Waals surface area contributed by atoms with Crippen LogP contribution in [0, 0.1) is 17.0 Å². The van der Waals surface area contributed by atoms with Gasteiger partial charge in [0.2, 0.25) is 0 Å². The van der Waals surface area contributed by atoms with Crippen LogP contribution in [-0.4, -0.2) is 18.1 Å². The van der Waals surface area contributed by atoms with Crippen LogP contribution < -0.4 is 10.1 Å². The molecule has 8 heteroatoms. The average Bonchev–Trinajstić information content (AvgIpc) is 2.96. The Bertz CT molecular complexity index is 698. The third-order valence-electron chi connectivity index (χ3n) is 2.85. The summed E-state index contributed by atoms with van der Waals surface area (Å²) < 4.78 is 10.1. The summed E-state index contributed by atoms with van der Waals surface area (Å²) >= 11 is 1.07. The fraction of sp³-hybridized carbons (Fsp3) is 0.214. The summed E-state index contributed by atoms with van der Waals surface area (Å²) in [4.78, 5) is 21.4. The Morgan fingerprint density at radius 2 is 2.18 bits per heavy atom. The van der Waals surface area contributed by atoms with Gasteiger partial charge in [0.15, 0.2) is 0 Å². The summed E-state index contributed by atoms with van der Waals surface area (Å²) in [6.07, 6.45) is -0.539. The molecule has 0 aliphatic carbocycles. The Morgan fingerprint density at radius 1 is 1.41 bits per heavy atom. The highest BCUT2D eigenvalue weighted by atomic mass is 32.1. The molecule has 0 radical (unpaired) electrons. The number of hydrogen-bond acceptors (Lipinski definition) is 6.